The minimum Gasteiger partial charge on any atom is -0.367 e. The van der Waals surface area contributed by atoms with Crippen molar-refractivity contribution >= 4 is 11.7 Å². The normalized spacial score (nSPS) is 13.0. The van der Waals surface area contributed by atoms with Crippen molar-refractivity contribution in [2.45, 2.75) is 33.7 Å². The summed E-state index contributed by atoms with van der Waals surface area (Å²) in [6.45, 7) is 8.65. The third kappa shape index (κ3) is 3.72. The Bertz CT molecular complexity index is 404. The third-order valence-electron chi connectivity index (χ3n) is 3.08. The molecule has 0 aliphatic carbocycles. The summed E-state index contributed by atoms with van der Waals surface area (Å²) in [6, 6.07) is 3.95. The maximum absolute atomic E-state index is 11.7. The van der Waals surface area contributed by atoms with E-state index in [4.69, 9.17) is 0 Å². The highest BCUT2D eigenvalue weighted by Gasteiger charge is 2.20. The number of anilines is 1. The van der Waals surface area contributed by atoms with Gasteiger partial charge in [-0.25, -0.2) is 4.98 Å². The van der Waals surface area contributed by atoms with Crippen LogP contribution in [0.25, 0.3) is 0 Å². The van der Waals surface area contributed by atoms with Crippen molar-refractivity contribution in [1.29, 1.82) is 0 Å². The highest BCUT2D eigenvalue weighted by Crippen LogP contribution is 2.21. The van der Waals surface area contributed by atoms with Crippen LogP contribution in [0.5, 0.6) is 0 Å². The second-order valence-electron chi connectivity index (χ2n) is 5.86. The highest BCUT2D eigenvalue weighted by atomic mass is 16.2. The Hall–Kier alpha value is -1.58. The van der Waals surface area contributed by atoms with E-state index in [1.807, 2.05) is 6.07 Å². The van der Waals surface area contributed by atoms with Gasteiger partial charge >= 0.3 is 0 Å². The Morgan fingerprint density at radius 3 is 2.33 bits per heavy atom. The number of nitrogens with zero attached hydrogens (tertiary/aromatic N) is 2. The van der Waals surface area contributed by atoms with Gasteiger partial charge in [0.1, 0.15) is 5.82 Å². The predicted molar refractivity (Wildman–Crippen MR) is 74.8 cm³/mol. The van der Waals surface area contributed by atoms with Crippen LogP contribution in [-0.4, -0.2) is 35.9 Å². The lowest BCUT2D eigenvalue weighted by Crippen LogP contribution is -2.31. The van der Waals surface area contributed by atoms with E-state index in [1.54, 1.807) is 31.3 Å². The molecule has 0 aliphatic heterocycles. The molecule has 100 valence electrons. The highest BCUT2D eigenvalue weighted by molar-refractivity contribution is 5.93. The summed E-state index contributed by atoms with van der Waals surface area (Å²) in [5.41, 5.74) is 0.772. The maximum atomic E-state index is 11.7. The van der Waals surface area contributed by atoms with Gasteiger partial charge in [-0.1, -0.05) is 20.8 Å². The van der Waals surface area contributed by atoms with Gasteiger partial charge < -0.3 is 10.2 Å². The molecule has 0 aliphatic rings. The number of amides is 1. The van der Waals surface area contributed by atoms with Crippen LogP contribution in [0.2, 0.25) is 0 Å². The Morgan fingerprint density at radius 2 is 1.94 bits per heavy atom. The molecule has 0 bridgehead atoms. The molecule has 1 heterocycles. The molecule has 1 unspecified atom stereocenters. The van der Waals surface area contributed by atoms with Crippen molar-refractivity contribution in [3.8, 4) is 0 Å². The number of carbonyl (C=O) groups excluding carboxylic acids is 1. The summed E-state index contributed by atoms with van der Waals surface area (Å²) in [6.07, 6.45) is 1.61. The average molecular weight is 249 g/mol. The molecule has 0 aromatic carbocycles. The molecule has 0 fully saturated rings. The predicted octanol–water partition coefficient (Wildman–Crippen LogP) is 2.63. The number of pyridine rings is 1. The van der Waals surface area contributed by atoms with Crippen LogP contribution in [-0.2, 0) is 0 Å². The number of nitrogens with one attached hydrogen (secondary N) is 1. The molecule has 1 aromatic heterocycles. The lowest BCUT2D eigenvalue weighted by Gasteiger charge is -2.28. The van der Waals surface area contributed by atoms with E-state index in [2.05, 4.69) is 38.0 Å². The minimum atomic E-state index is -0.0297. The number of rotatable bonds is 3. The fraction of sp³-hybridized carbons (Fsp3) is 0.571. The van der Waals surface area contributed by atoms with Crippen LogP contribution < -0.4 is 5.32 Å². The lowest BCUT2D eigenvalue weighted by molar-refractivity contribution is 0.0827. The molecule has 0 radical (unpaired) electrons. The second kappa shape index (κ2) is 5.38. The lowest BCUT2D eigenvalue weighted by atomic mass is 9.88. The quantitative estimate of drug-likeness (QED) is 0.895. The van der Waals surface area contributed by atoms with Gasteiger partial charge in [-0.15, -0.1) is 0 Å². The molecule has 0 spiro atoms. The minimum absolute atomic E-state index is 0.0297. The first-order valence-corrected chi connectivity index (χ1v) is 6.16. The standard InChI is InChI=1S/C14H23N3O/c1-10(14(2,3)4)16-12-8-7-11(9-15-12)13(18)17(5)6/h7-10H,1-6H3,(H,15,16). The van der Waals surface area contributed by atoms with E-state index in [-0.39, 0.29) is 11.3 Å². The van der Waals surface area contributed by atoms with Crippen molar-refractivity contribution in [2.75, 3.05) is 19.4 Å². The fourth-order valence-electron chi connectivity index (χ4n) is 1.30. The zero-order chi connectivity index (χ0) is 13.9. The second-order valence-corrected chi connectivity index (χ2v) is 5.86. The van der Waals surface area contributed by atoms with Gasteiger partial charge in [0, 0.05) is 26.3 Å². The Kier molecular flexibility index (Phi) is 4.33. The number of hydrogen-bond acceptors (Lipinski definition) is 3. The van der Waals surface area contributed by atoms with E-state index in [0.717, 1.165) is 5.82 Å². The maximum Gasteiger partial charge on any atom is 0.254 e. The molecular formula is C14H23N3O. The third-order valence-corrected chi connectivity index (χ3v) is 3.08. The van der Waals surface area contributed by atoms with Gasteiger partial charge in [0.15, 0.2) is 0 Å². The summed E-state index contributed by atoms with van der Waals surface area (Å²) >= 11 is 0. The van der Waals surface area contributed by atoms with Gasteiger partial charge in [0.2, 0.25) is 0 Å². The zero-order valence-corrected chi connectivity index (χ0v) is 12.1. The molecule has 0 saturated carbocycles. The number of carbonyl (C=O) groups is 1. The van der Waals surface area contributed by atoms with E-state index in [0.29, 0.717) is 11.6 Å². The number of aromatic nitrogens is 1. The van der Waals surface area contributed by atoms with Gasteiger partial charge in [-0.2, -0.15) is 0 Å². The molecule has 18 heavy (non-hydrogen) atoms. The summed E-state index contributed by atoms with van der Waals surface area (Å²) in [4.78, 5) is 17.5. The van der Waals surface area contributed by atoms with Crippen LogP contribution in [0.4, 0.5) is 5.82 Å². The first kappa shape index (κ1) is 14.5. The molecule has 4 heteroatoms. The molecular weight excluding hydrogens is 226 g/mol. The first-order chi connectivity index (χ1) is 8.21. The summed E-state index contributed by atoms with van der Waals surface area (Å²) in [5.74, 6) is 0.769. The average Bonchev–Trinajstić information content (AvgIpc) is 2.27. The van der Waals surface area contributed by atoms with E-state index < -0.39 is 0 Å². The fourth-order valence-corrected chi connectivity index (χ4v) is 1.30. The van der Waals surface area contributed by atoms with Gasteiger partial charge in [-0.05, 0) is 24.5 Å². The SMILES string of the molecule is CC(Nc1ccc(C(=O)N(C)C)cn1)C(C)(C)C. The zero-order valence-electron chi connectivity index (χ0n) is 12.1. The Morgan fingerprint density at radius 1 is 1.33 bits per heavy atom. The topological polar surface area (TPSA) is 45.2 Å². The van der Waals surface area contributed by atoms with Crippen molar-refractivity contribution in [2.24, 2.45) is 5.41 Å². The van der Waals surface area contributed by atoms with Gasteiger partial charge in [0.25, 0.3) is 5.91 Å². The molecule has 1 amide bonds. The van der Waals surface area contributed by atoms with E-state index in [9.17, 15) is 4.79 Å². The summed E-state index contributed by atoms with van der Waals surface area (Å²) in [7, 11) is 3.46. The summed E-state index contributed by atoms with van der Waals surface area (Å²) < 4.78 is 0. The summed E-state index contributed by atoms with van der Waals surface area (Å²) in [5, 5.41) is 3.34. The van der Waals surface area contributed by atoms with E-state index >= 15 is 0 Å². The molecule has 1 aromatic rings. The number of hydrogen-bond donors (Lipinski definition) is 1. The van der Waals surface area contributed by atoms with Crippen LogP contribution >= 0.6 is 0 Å². The Labute approximate surface area is 109 Å². The van der Waals surface area contributed by atoms with Crippen molar-refractivity contribution in [3.63, 3.8) is 0 Å². The first-order valence-electron chi connectivity index (χ1n) is 6.16. The smallest absolute Gasteiger partial charge is 0.254 e. The van der Waals surface area contributed by atoms with Crippen LogP contribution in [0.1, 0.15) is 38.1 Å². The van der Waals surface area contributed by atoms with Crippen molar-refractivity contribution in [3.05, 3.63) is 23.9 Å². The van der Waals surface area contributed by atoms with Crippen LogP contribution in [0.3, 0.4) is 0 Å². The Balaban J connectivity index is 2.75. The van der Waals surface area contributed by atoms with Crippen molar-refractivity contribution in [1.82, 2.24) is 9.88 Å². The van der Waals surface area contributed by atoms with Gasteiger partial charge in [-0.3, -0.25) is 4.79 Å². The molecule has 1 atom stereocenters. The van der Waals surface area contributed by atoms with Crippen LogP contribution in [0.15, 0.2) is 18.3 Å². The molecule has 4 nitrogen and oxygen atoms in total. The van der Waals surface area contributed by atoms with Gasteiger partial charge in [0.05, 0.1) is 5.56 Å². The largest absolute Gasteiger partial charge is 0.367 e. The monoisotopic (exact) mass is 249 g/mol. The molecule has 1 N–H and O–H groups in total. The van der Waals surface area contributed by atoms with E-state index in [1.165, 1.54) is 0 Å². The molecule has 1 rings (SSSR count). The van der Waals surface area contributed by atoms with Crippen LogP contribution in [0, 0.1) is 5.41 Å². The molecule has 0 saturated heterocycles. The van der Waals surface area contributed by atoms with Crippen molar-refractivity contribution < 1.29 is 4.79 Å².